The minimum absolute atomic E-state index is 0.224. The summed E-state index contributed by atoms with van der Waals surface area (Å²) in [6, 6.07) is 21.3. The first-order valence-electron chi connectivity index (χ1n) is 11.4. The van der Waals surface area contributed by atoms with Crippen LogP contribution in [0.15, 0.2) is 84.6 Å². The number of ether oxygens (including phenoxy) is 2. The first kappa shape index (κ1) is 24.0. The fourth-order valence-electron chi connectivity index (χ4n) is 3.67. The van der Waals surface area contributed by atoms with E-state index in [1.807, 2.05) is 37.3 Å². The van der Waals surface area contributed by atoms with Crippen LogP contribution in [0, 0.1) is 5.82 Å². The van der Waals surface area contributed by atoms with Gasteiger partial charge in [-0.2, -0.15) is 0 Å². The van der Waals surface area contributed by atoms with Gasteiger partial charge < -0.3 is 14.6 Å². The highest BCUT2D eigenvalue weighted by Crippen LogP contribution is 2.29. The van der Waals surface area contributed by atoms with Gasteiger partial charge in [0.2, 0.25) is 0 Å². The molecule has 0 bridgehead atoms. The fourth-order valence-corrected chi connectivity index (χ4v) is 3.67. The maximum atomic E-state index is 13.2. The van der Waals surface area contributed by atoms with E-state index < -0.39 is 5.97 Å². The molecule has 0 spiro atoms. The minimum Gasteiger partial charge on any atom is -0.489 e. The van der Waals surface area contributed by atoms with Crippen LogP contribution < -0.4 is 9.47 Å². The molecule has 0 aliphatic carbocycles. The van der Waals surface area contributed by atoms with Gasteiger partial charge in [-0.15, -0.1) is 0 Å². The lowest BCUT2D eigenvalue weighted by Gasteiger charge is -2.13. The highest BCUT2D eigenvalue weighted by Gasteiger charge is 2.11. The molecular formula is C29H26FNO4. The van der Waals surface area contributed by atoms with Crippen molar-refractivity contribution in [3.05, 3.63) is 107 Å². The number of hydrogen-bond donors (Lipinski definition) is 1. The molecule has 4 aromatic rings. The first-order chi connectivity index (χ1) is 17.0. The number of benzene rings is 3. The molecule has 1 heterocycles. The normalized spacial score (nSPS) is 11.4. The summed E-state index contributed by atoms with van der Waals surface area (Å²) < 4.78 is 25.2. The number of aliphatic carboxylic acids is 1. The molecule has 0 unspecified atom stereocenters. The number of rotatable bonds is 10. The van der Waals surface area contributed by atoms with Crippen LogP contribution in [0.4, 0.5) is 4.39 Å². The fraction of sp³-hybridized carbons (Fsp3) is 0.172. The number of carboxylic acids is 1. The Morgan fingerprint density at radius 3 is 2.51 bits per heavy atom. The average molecular weight is 472 g/mol. The van der Waals surface area contributed by atoms with Gasteiger partial charge >= 0.3 is 5.97 Å². The van der Waals surface area contributed by atoms with E-state index in [0.717, 1.165) is 22.0 Å². The van der Waals surface area contributed by atoms with Crippen LogP contribution in [-0.2, 0) is 18.0 Å². The quantitative estimate of drug-likeness (QED) is 0.258. The van der Waals surface area contributed by atoms with E-state index >= 15 is 0 Å². The number of fused-ring (bicyclic) bond motifs is 1. The molecule has 5 nitrogen and oxygen atoms in total. The summed E-state index contributed by atoms with van der Waals surface area (Å²) in [5.41, 5.74) is 3.57. The van der Waals surface area contributed by atoms with Gasteiger partial charge in [-0.25, -0.2) is 9.18 Å². The van der Waals surface area contributed by atoms with Gasteiger partial charge in [0.25, 0.3) is 0 Å². The SMILES string of the molecule is CCC/C(=C\c1cc(OCc2ccc3cccnc3c2)ccc1OCc1ccc(F)cc1)C(=O)O. The number of pyridine rings is 1. The van der Waals surface area contributed by atoms with Gasteiger partial charge in [0, 0.05) is 22.7 Å². The number of halogens is 1. The summed E-state index contributed by atoms with van der Waals surface area (Å²) in [6.07, 6.45) is 4.52. The lowest BCUT2D eigenvalue weighted by Crippen LogP contribution is -2.02. The van der Waals surface area contributed by atoms with Crippen LogP contribution in [0.2, 0.25) is 0 Å². The summed E-state index contributed by atoms with van der Waals surface area (Å²) in [5, 5.41) is 10.7. The molecular weight excluding hydrogens is 445 g/mol. The number of hydrogen-bond acceptors (Lipinski definition) is 4. The van der Waals surface area contributed by atoms with Crippen molar-refractivity contribution < 1.29 is 23.8 Å². The van der Waals surface area contributed by atoms with Gasteiger partial charge in [0.05, 0.1) is 5.52 Å². The summed E-state index contributed by atoms with van der Waals surface area (Å²) in [5.74, 6) is -0.169. The van der Waals surface area contributed by atoms with E-state index in [1.54, 1.807) is 42.6 Å². The molecule has 0 radical (unpaired) electrons. The van der Waals surface area contributed by atoms with Gasteiger partial charge in [0.15, 0.2) is 0 Å². The molecule has 35 heavy (non-hydrogen) atoms. The van der Waals surface area contributed by atoms with Crippen molar-refractivity contribution in [2.75, 3.05) is 0 Å². The van der Waals surface area contributed by atoms with Crippen molar-refractivity contribution in [1.29, 1.82) is 0 Å². The molecule has 0 aliphatic rings. The van der Waals surface area contributed by atoms with E-state index in [1.165, 1.54) is 12.1 Å². The number of carboxylic acid groups (broad SMARTS) is 1. The van der Waals surface area contributed by atoms with Gasteiger partial charge in [-0.3, -0.25) is 4.98 Å². The molecule has 4 rings (SSSR count). The Morgan fingerprint density at radius 1 is 0.971 bits per heavy atom. The van der Waals surface area contributed by atoms with Crippen LogP contribution in [0.3, 0.4) is 0 Å². The number of aromatic nitrogens is 1. The molecule has 0 saturated carbocycles. The zero-order chi connectivity index (χ0) is 24.6. The van der Waals surface area contributed by atoms with Crippen LogP contribution in [-0.4, -0.2) is 16.1 Å². The monoisotopic (exact) mass is 471 g/mol. The van der Waals surface area contributed by atoms with Crippen LogP contribution in [0.5, 0.6) is 11.5 Å². The zero-order valence-electron chi connectivity index (χ0n) is 19.4. The van der Waals surface area contributed by atoms with Gasteiger partial charge in [-0.05, 0) is 66.1 Å². The van der Waals surface area contributed by atoms with Crippen LogP contribution >= 0.6 is 0 Å². The second kappa shape index (κ2) is 11.3. The Labute approximate surface area is 203 Å². The van der Waals surface area contributed by atoms with Crippen molar-refractivity contribution >= 4 is 22.9 Å². The highest BCUT2D eigenvalue weighted by atomic mass is 19.1. The molecule has 178 valence electrons. The second-order valence-electron chi connectivity index (χ2n) is 8.16. The van der Waals surface area contributed by atoms with Crippen molar-refractivity contribution in [1.82, 2.24) is 4.98 Å². The molecule has 1 N–H and O–H groups in total. The molecule has 0 fully saturated rings. The van der Waals surface area contributed by atoms with E-state index in [0.29, 0.717) is 36.5 Å². The second-order valence-corrected chi connectivity index (χ2v) is 8.16. The Balaban J connectivity index is 1.56. The third-order valence-electron chi connectivity index (χ3n) is 5.49. The Hall–Kier alpha value is -4.19. The molecule has 3 aromatic carbocycles. The molecule has 0 atom stereocenters. The molecule has 0 saturated heterocycles. The number of nitrogens with zero attached hydrogens (tertiary/aromatic N) is 1. The molecule has 1 aromatic heterocycles. The van der Waals surface area contributed by atoms with Crippen molar-refractivity contribution in [2.45, 2.75) is 33.0 Å². The average Bonchev–Trinajstić information content (AvgIpc) is 2.87. The van der Waals surface area contributed by atoms with Crippen molar-refractivity contribution in [2.24, 2.45) is 0 Å². The maximum absolute atomic E-state index is 13.2. The minimum atomic E-state index is -0.966. The third-order valence-corrected chi connectivity index (χ3v) is 5.49. The lowest BCUT2D eigenvalue weighted by atomic mass is 10.1. The smallest absolute Gasteiger partial charge is 0.331 e. The predicted octanol–water partition coefficient (Wildman–Crippen LogP) is 6.80. The topological polar surface area (TPSA) is 68.7 Å². The summed E-state index contributed by atoms with van der Waals surface area (Å²) >= 11 is 0. The van der Waals surface area contributed by atoms with E-state index in [4.69, 9.17) is 9.47 Å². The van der Waals surface area contributed by atoms with Crippen LogP contribution in [0.1, 0.15) is 36.5 Å². The Bertz CT molecular complexity index is 1350. The summed E-state index contributed by atoms with van der Waals surface area (Å²) in [7, 11) is 0. The molecule has 6 heteroatoms. The summed E-state index contributed by atoms with van der Waals surface area (Å²) in [6.45, 7) is 2.49. The van der Waals surface area contributed by atoms with Crippen molar-refractivity contribution in [3.63, 3.8) is 0 Å². The van der Waals surface area contributed by atoms with Gasteiger partial charge in [-0.1, -0.05) is 43.7 Å². The van der Waals surface area contributed by atoms with E-state index in [2.05, 4.69) is 4.98 Å². The standard InChI is InChI=1S/C29H26FNO4/c1-2-4-23(29(32)33)16-24-17-26(12-13-28(24)35-18-20-7-10-25(30)11-8-20)34-19-21-6-9-22-5-3-14-31-27(22)15-21/h3,5-17H,2,4,18-19H2,1H3,(H,32,33)/b23-16+. The highest BCUT2D eigenvalue weighted by molar-refractivity contribution is 5.92. The third kappa shape index (κ3) is 6.44. The Kier molecular flexibility index (Phi) is 7.73. The van der Waals surface area contributed by atoms with E-state index in [-0.39, 0.29) is 18.0 Å². The first-order valence-corrected chi connectivity index (χ1v) is 11.4. The number of carbonyl (C=O) groups is 1. The molecule has 0 amide bonds. The maximum Gasteiger partial charge on any atom is 0.331 e. The van der Waals surface area contributed by atoms with Crippen molar-refractivity contribution in [3.8, 4) is 11.5 Å². The molecule has 0 aliphatic heterocycles. The zero-order valence-corrected chi connectivity index (χ0v) is 19.4. The lowest BCUT2D eigenvalue weighted by molar-refractivity contribution is -0.132. The van der Waals surface area contributed by atoms with E-state index in [9.17, 15) is 14.3 Å². The largest absolute Gasteiger partial charge is 0.489 e. The Morgan fingerprint density at radius 2 is 1.74 bits per heavy atom. The predicted molar refractivity (Wildman–Crippen MR) is 134 cm³/mol. The summed E-state index contributed by atoms with van der Waals surface area (Å²) in [4.78, 5) is 16.1. The van der Waals surface area contributed by atoms with Gasteiger partial charge in [0.1, 0.15) is 30.5 Å². The van der Waals surface area contributed by atoms with Crippen LogP contribution in [0.25, 0.3) is 17.0 Å².